The van der Waals surface area contributed by atoms with Gasteiger partial charge in [-0.1, -0.05) is 49.6 Å². The highest BCUT2D eigenvalue weighted by atomic mass is 35.5. The fourth-order valence-corrected chi connectivity index (χ4v) is 4.20. The molecule has 0 amide bonds. The molecule has 0 saturated heterocycles. The molecule has 0 aromatic heterocycles. The maximum absolute atomic E-state index is 14.0. The van der Waals surface area contributed by atoms with Crippen molar-refractivity contribution in [2.45, 2.75) is 64.9 Å². The predicted octanol–water partition coefficient (Wildman–Crippen LogP) is 6.57. The molecule has 0 N–H and O–H groups in total. The molecule has 3 heteroatoms. The Balaban J connectivity index is 1.54. The first kappa shape index (κ1) is 17.9. The molecule has 0 spiro atoms. The van der Waals surface area contributed by atoms with E-state index in [0.717, 1.165) is 48.8 Å². The second kappa shape index (κ2) is 8.01. The van der Waals surface area contributed by atoms with E-state index in [1.54, 1.807) is 6.92 Å². The van der Waals surface area contributed by atoms with Crippen molar-refractivity contribution in [1.82, 2.24) is 0 Å². The minimum absolute atomic E-state index is 0.261. The first-order chi connectivity index (χ1) is 11.5. The summed E-state index contributed by atoms with van der Waals surface area (Å²) in [6.45, 7) is 5.00. The van der Waals surface area contributed by atoms with E-state index in [2.05, 4.69) is 13.0 Å². The minimum atomic E-state index is -0.292. The Hall–Kier alpha value is -0.860. The van der Waals surface area contributed by atoms with Crippen molar-refractivity contribution in [1.29, 1.82) is 0 Å². The summed E-state index contributed by atoms with van der Waals surface area (Å²) in [6, 6.07) is 3.75. The summed E-state index contributed by atoms with van der Waals surface area (Å²) in [7, 11) is 0. The van der Waals surface area contributed by atoms with Gasteiger partial charge in [0.25, 0.3) is 0 Å². The lowest BCUT2D eigenvalue weighted by Crippen LogP contribution is -2.23. The van der Waals surface area contributed by atoms with E-state index < -0.39 is 0 Å². The van der Waals surface area contributed by atoms with Crippen LogP contribution in [0.1, 0.15) is 63.0 Å². The molecule has 1 fully saturated rings. The van der Waals surface area contributed by atoms with Crippen LogP contribution in [0.3, 0.4) is 0 Å². The van der Waals surface area contributed by atoms with Crippen LogP contribution in [0.4, 0.5) is 4.39 Å². The van der Waals surface area contributed by atoms with E-state index >= 15 is 0 Å². The summed E-state index contributed by atoms with van der Waals surface area (Å²) in [5.74, 6) is 1.34. The van der Waals surface area contributed by atoms with E-state index in [0.29, 0.717) is 11.7 Å². The van der Waals surface area contributed by atoms with Crippen LogP contribution in [0.25, 0.3) is 5.57 Å². The van der Waals surface area contributed by atoms with Gasteiger partial charge in [0.05, 0.1) is 11.1 Å². The fraction of sp³-hybridized carbons (Fsp3) is 0.619. The van der Waals surface area contributed by atoms with E-state index in [1.807, 2.05) is 12.1 Å². The second-order valence-corrected chi connectivity index (χ2v) is 8.02. The maximum atomic E-state index is 14.0. The molecule has 1 saturated carbocycles. The first-order valence-corrected chi connectivity index (χ1v) is 9.68. The number of benzene rings is 1. The van der Waals surface area contributed by atoms with Crippen LogP contribution in [0.2, 0.25) is 5.02 Å². The molecule has 1 unspecified atom stereocenters. The quantitative estimate of drug-likeness (QED) is 0.597. The molecule has 1 nitrogen and oxygen atoms in total. The van der Waals surface area contributed by atoms with Gasteiger partial charge in [-0.05, 0) is 67.6 Å². The largest absolute Gasteiger partial charge is 0.378 e. The van der Waals surface area contributed by atoms with Crippen LogP contribution < -0.4 is 0 Å². The number of hydrogen-bond donors (Lipinski definition) is 0. The number of ether oxygens (including phenoxy) is 1. The number of hydrogen-bond acceptors (Lipinski definition) is 1. The van der Waals surface area contributed by atoms with E-state index in [-0.39, 0.29) is 10.8 Å². The number of rotatable bonds is 4. The normalized spacial score (nSPS) is 27.8. The third-order valence-corrected chi connectivity index (χ3v) is 6.06. The van der Waals surface area contributed by atoms with Crippen molar-refractivity contribution in [3.05, 3.63) is 40.2 Å². The molecule has 2 aliphatic carbocycles. The minimum Gasteiger partial charge on any atom is -0.378 e. The summed E-state index contributed by atoms with van der Waals surface area (Å²) >= 11 is 6.20. The van der Waals surface area contributed by atoms with Crippen LogP contribution in [0.5, 0.6) is 0 Å². The lowest BCUT2D eigenvalue weighted by atomic mass is 9.83. The topological polar surface area (TPSA) is 9.23 Å². The highest BCUT2D eigenvalue weighted by Crippen LogP contribution is 2.35. The Kier molecular flexibility index (Phi) is 5.99. The zero-order chi connectivity index (χ0) is 17.1. The van der Waals surface area contributed by atoms with Gasteiger partial charge in [-0.2, -0.15) is 0 Å². The molecule has 0 aliphatic heterocycles. The summed E-state index contributed by atoms with van der Waals surface area (Å²) in [5.41, 5.74) is 2.60. The summed E-state index contributed by atoms with van der Waals surface area (Å²) in [6.07, 6.45) is 10.6. The highest BCUT2D eigenvalue weighted by molar-refractivity contribution is 6.32. The molecule has 1 atom stereocenters. The van der Waals surface area contributed by atoms with Crippen LogP contribution in [-0.2, 0) is 4.74 Å². The molecule has 0 bridgehead atoms. The lowest BCUT2D eigenvalue weighted by molar-refractivity contribution is 0.0141. The Morgan fingerprint density at radius 1 is 1.17 bits per heavy atom. The number of halogens is 2. The predicted molar refractivity (Wildman–Crippen MR) is 98.8 cm³/mol. The molecule has 1 aromatic rings. The van der Waals surface area contributed by atoms with Gasteiger partial charge in [-0.15, -0.1) is 0 Å². The third kappa shape index (κ3) is 4.21. The zero-order valence-electron chi connectivity index (χ0n) is 14.8. The molecule has 1 aromatic carbocycles. The van der Waals surface area contributed by atoms with Gasteiger partial charge in [0, 0.05) is 6.61 Å². The monoisotopic (exact) mass is 350 g/mol. The molecule has 0 heterocycles. The fourth-order valence-electron chi connectivity index (χ4n) is 3.87. The second-order valence-electron chi connectivity index (χ2n) is 7.64. The van der Waals surface area contributed by atoms with Crippen molar-refractivity contribution in [3.63, 3.8) is 0 Å². The SMILES string of the molecule is Cc1ccc(C2=CCC(OCC3CCC(C)CC3)CC2)c(Cl)c1F. The standard InChI is InChI=1S/C21H28ClFO/c1-14-3-6-16(7-4-14)13-24-18-10-8-17(9-11-18)19-12-5-15(2)21(23)20(19)22/h5,8,12,14,16,18H,3-4,6-7,9-11,13H2,1-2H3. The summed E-state index contributed by atoms with van der Waals surface area (Å²) in [4.78, 5) is 0. The van der Waals surface area contributed by atoms with Crippen LogP contribution in [0, 0.1) is 24.6 Å². The Morgan fingerprint density at radius 2 is 1.92 bits per heavy atom. The van der Waals surface area contributed by atoms with Crippen molar-refractivity contribution in [2.24, 2.45) is 11.8 Å². The van der Waals surface area contributed by atoms with Gasteiger partial charge in [0.2, 0.25) is 0 Å². The number of aryl methyl sites for hydroxylation is 1. The molecular weight excluding hydrogens is 323 g/mol. The van der Waals surface area contributed by atoms with Crippen molar-refractivity contribution in [2.75, 3.05) is 6.61 Å². The van der Waals surface area contributed by atoms with Crippen LogP contribution in [0.15, 0.2) is 18.2 Å². The first-order valence-electron chi connectivity index (χ1n) is 9.30. The van der Waals surface area contributed by atoms with Gasteiger partial charge in [-0.3, -0.25) is 0 Å². The van der Waals surface area contributed by atoms with Gasteiger partial charge < -0.3 is 4.74 Å². The smallest absolute Gasteiger partial charge is 0.145 e. The van der Waals surface area contributed by atoms with Gasteiger partial charge >= 0.3 is 0 Å². The van der Waals surface area contributed by atoms with Crippen LogP contribution in [-0.4, -0.2) is 12.7 Å². The zero-order valence-corrected chi connectivity index (χ0v) is 15.5. The summed E-state index contributed by atoms with van der Waals surface area (Å²) in [5, 5.41) is 0.261. The molecular formula is C21H28ClFO. The van der Waals surface area contributed by atoms with Gasteiger partial charge in [0.1, 0.15) is 5.82 Å². The van der Waals surface area contributed by atoms with Gasteiger partial charge in [-0.25, -0.2) is 4.39 Å². The Labute approximate surface area is 150 Å². The highest BCUT2D eigenvalue weighted by Gasteiger charge is 2.22. The van der Waals surface area contributed by atoms with Gasteiger partial charge in [0.15, 0.2) is 0 Å². The molecule has 2 aliphatic rings. The number of allylic oxidation sites excluding steroid dienone is 1. The van der Waals surface area contributed by atoms with E-state index in [1.165, 1.54) is 25.7 Å². The average Bonchev–Trinajstić information content (AvgIpc) is 2.60. The van der Waals surface area contributed by atoms with E-state index in [4.69, 9.17) is 16.3 Å². The lowest BCUT2D eigenvalue weighted by Gasteiger charge is -2.29. The van der Waals surface area contributed by atoms with Crippen molar-refractivity contribution in [3.8, 4) is 0 Å². The van der Waals surface area contributed by atoms with Crippen molar-refractivity contribution < 1.29 is 9.13 Å². The Morgan fingerprint density at radius 3 is 2.58 bits per heavy atom. The average molecular weight is 351 g/mol. The molecule has 24 heavy (non-hydrogen) atoms. The van der Waals surface area contributed by atoms with Crippen LogP contribution >= 0.6 is 11.6 Å². The molecule has 132 valence electrons. The molecule has 3 rings (SSSR count). The summed E-state index contributed by atoms with van der Waals surface area (Å²) < 4.78 is 20.2. The third-order valence-electron chi connectivity index (χ3n) is 5.69. The maximum Gasteiger partial charge on any atom is 0.145 e. The van der Waals surface area contributed by atoms with E-state index in [9.17, 15) is 4.39 Å². The molecule has 0 radical (unpaired) electrons. The Bertz CT molecular complexity index is 602. The van der Waals surface area contributed by atoms with Crippen molar-refractivity contribution >= 4 is 17.2 Å².